The van der Waals surface area contributed by atoms with Gasteiger partial charge >= 0.3 is 0 Å². The van der Waals surface area contributed by atoms with Gasteiger partial charge in [0.15, 0.2) is 0 Å². The molecule has 9 heteroatoms. The fourth-order valence-electron chi connectivity index (χ4n) is 0.780. The minimum atomic E-state index is -0.0417. The SMILES string of the molecule is Cl.Cn1sc(Cl)cc1=O.Cn1sc(Cl)cc1=O. The highest BCUT2D eigenvalue weighted by Crippen LogP contribution is 2.10. The lowest BCUT2D eigenvalue weighted by molar-refractivity contribution is 0.981. The molecule has 2 heterocycles. The zero-order valence-corrected chi connectivity index (χ0v) is 12.8. The van der Waals surface area contributed by atoms with Crippen LogP contribution in [0.5, 0.6) is 0 Å². The topological polar surface area (TPSA) is 44.0 Å². The Kier molecular flexibility index (Phi) is 7.11. The molecule has 0 radical (unpaired) electrons. The van der Waals surface area contributed by atoms with Crippen LogP contribution in [0.25, 0.3) is 0 Å². The van der Waals surface area contributed by atoms with Gasteiger partial charge in [0.25, 0.3) is 11.1 Å². The van der Waals surface area contributed by atoms with Gasteiger partial charge in [0.2, 0.25) is 0 Å². The Hall–Kier alpha value is -0.270. The Morgan fingerprint density at radius 3 is 1.29 bits per heavy atom. The fraction of sp³-hybridized carbons (Fsp3) is 0.250. The molecule has 0 saturated carbocycles. The average molecular weight is 336 g/mol. The molecule has 2 aromatic heterocycles. The summed E-state index contributed by atoms with van der Waals surface area (Å²) >= 11 is 13.4. The number of rotatable bonds is 0. The highest BCUT2D eigenvalue weighted by Gasteiger charge is 1.94. The third-order valence-electron chi connectivity index (χ3n) is 1.54. The van der Waals surface area contributed by atoms with Gasteiger partial charge in [0.1, 0.15) is 8.67 Å². The van der Waals surface area contributed by atoms with Crippen LogP contribution in [0.3, 0.4) is 0 Å². The van der Waals surface area contributed by atoms with Crippen LogP contribution in [-0.2, 0) is 14.1 Å². The van der Waals surface area contributed by atoms with E-state index in [9.17, 15) is 9.59 Å². The first-order valence-corrected chi connectivity index (χ1v) is 6.36. The van der Waals surface area contributed by atoms with Crippen LogP contribution in [0.15, 0.2) is 21.7 Å². The van der Waals surface area contributed by atoms with Gasteiger partial charge in [-0.1, -0.05) is 23.2 Å². The fourth-order valence-corrected chi connectivity index (χ4v) is 2.70. The predicted octanol–water partition coefficient (Wildman–Crippen LogP) is 2.62. The number of aryl methyl sites for hydroxylation is 2. The smallest absolute Gasteiger partial charge is 0.261 e. The Labute approximate surface area is 122 Å². The van der Waals surface area contributed by atoms with Crippen LogP contribution in [0.2, 0.25) is 8.67 Å². The standard InChI is InChI=1S/2C4H4ClNOS.ClH/c2*1-6-4(7)2-3(5)8-6;/h2*2H,1H3;1H. The van der Waals surface area contributed by atoms with Gasteiger partial charge in [-0.05, 0) is 23.1 Å². The minimum Gasteiger partial charge on any atom is -0.268 e. The minimum absolute atomic E-state index is 0. The van der Waals surface area contributed by atoms with Crippen molar-refractivity contribution in [1.82, 2.24) is 7.91 Å². The van der Waals surface area contributed by atoms with Crippen molar-refractivity contribution in [3.63, 3.8) is 0 Å². The number of nitrogens with zero attached hydrogens (tertiary/aromatic N) is 2. The van der Waals surface area contributed by atoms with Crippen molar-refractivity contribution < 1.29 is 0 Å². The molecular formula is C8H9Cl3N2O2S2. The number of halogens is 3. The average Bonchev–Trinajstić information content (AvgIpc) is 2.58. The molecule has 0 aliphatic rings. The Balaban J connectivity index is 0.000000284. The summed E-state index contributed by atoms with van der Waals surface area (Å²) in [5.74, 6) is 0. The van der Waals surface area contributed by atoms with Crippen molar-refractivity contribution >= 4 is 58.7 Å². The Bertz CT molecular complexity index is 532. The lowest BCUT2D eigenvalue weighted by Gasteiger charge is -1.77. The molecule has 0 aromatic carbocycles. The van der Waals surface area contributed by atoms with E-state index in [0.717, 1.165) is 0 Å². The summed E-state index contributed by atoms with van der Waals surface area (Å²) in [4.78, 5) is 21.1. The quantitative estimate of drug-likeness (QED) is 0.743. The van der Waals surface area contributed by atoms with E-state index < -0.39 is 0 Å². The highest BCUT2D eigenvalue weighted by atomic mass is 35.5. The zero-order chi connectivity index (χ0) is 12.3. The Morgan fingerprint density at radius 1 is 0.941 bits per heavy atom. The number of aromatic nitrogens is 2. The highest BCUT2D eigenvalue weighted by molar-refractivity contribution is 7.11. The van der Waals surface area contributed by atoms with Gasteiger partial charge in [-0.3, -0.25) is 17.5 Å². The first-order chi connectivity index (χ1) is 7.40. The van der Waals surface area contributed by atoms with Crippen LogP contribution < -0.4 is 11.1 Å². The van der Waals surface area contributed by atoms with E-state index >= 15 is 0 Å². The van der Waals surface area contributed by atoms with Gasteiger partial charge in [-0.15, -0.1) is 12.4 Å². The summed E-state index contributed by atoms with van der Waals surface area (Å²) in [6.45, 7) is 0. The summed E-state index contributed by atoms with van der Waals surface area (Å²) in [6.07, 6.45) is 0. The molecule has 0 bridgehead atoms. The molecule has 0 N–H and O–H groups in total. The molecule has 0 amide bonds. The van der Waals surface area contributed by atoms with E-state index in [1.165, 1.54) is 43.1 Å². The molecule has 0 saturated heterocycles. The maximum absolute atomic E-state index is 10.5. The molecule has 2 aromatic rings. The van der Waals surface area contributed by atoms with Gasteiger partial charge in [0, 0.05) is 26.2 Å². The molecule has 0 aliphatic heterocycles. The second kappa shape index (κ2) is 7.23. The molecule has 0 fully saturated rings. The predicted molar refractivity (Wildman–Crippen MR) is 76.4 cm³/mol. The molecule has 96 valence electrons. The molecule has 17 heavy (non-hydrogen) atoms. The van der Waals surface area contributed by atoms with Crippen molar-refractivity contribution in [3.05, 3.63) is 41.5 Å². The molecule has 0 atom stereocenters. The monoisotopic (exact) mass is 334 g/mol. The van der Waals surface area contributed by atoms with Gasteiger partial charge in [-0.2, -0.15) is 0 Å². The van der Waals surface area contributed by atoms with Crippen molar-refractivity contribution in [2.24, 2.45) is 14.1 Å². The lowest BCUT2D eigenvalue weighted by Crippen LogP contribution is -2.05. The van der Waals surface area contributed by atoms with Crippen LogP contribution >= 0.6 is 58.7 Å². The Morgan fingerprint density at radius 2 is 1.24 bits per heavy atom. The van der Waals surface area contributed by atoms with E-state index in [0.29, 0.717) is 8.67 Å². The summed E-state index contributed by atoms with van der Waals surface area (Å²) in [7, 11) is 3.36. The second-order valence-corrected chi connectivity index (χ2v) is 6.35. The summed E-state index contributed by atoms with van der Waals surface area (Å²) in [6, 6.07) is 2.79. The first kappa shape index (κ1) is 16.7. The molecule has 2 rings (SSSR count). The van der Waals surface area contributed by atoms with Crippen molar-refractivity contribution in [2.75, 3.05) is 0 Å². The molecule has 4 nitrogen and oxygen atoms in total. The third kappa shape index (κ3) is 5.27. The first-order valence-electron chi connectivity index (χ1n) is 4.06. The molecular weight excluding hydrogens is 327 g/mol. The van der Waals surface area contributed by atoms with E-state index in [2.05, 4.69) is 0 Å². The van der Waals surface area contributed by atoms with Crippen LogP contribution in [-0.4, -0.2) is 7.91 Å². The summed E-state index contributed by atoms with van der Waals surface area (Å²) < 4.78 is 4.03. The van der Waals surface area contributed by atoms with Crippen LogP contribution in [0.4, 0.5) is 0 Å². The van der Waals surface area contributed by atoms with Crippen LogP contribution in [0, 0.1) is 0 Å². The molecule has 0 spiro atoms. The van der Waals surface area contributed by atoms with Gasteiger partial charge < -0.3 is 0 Å². The van der Waals surface area contributed by atoms with E-state index in [1.807, 2.05) is 0 Å². The van der Waals surface area contributed by atoms with E-state index in [4.69, 9.17) is 23.2 Å². The second-order valence-electron chi connectivity index (χ2n) is 2.75. The van der Waals surface area contributed by atoms with Gasteiger partial charge in [-0.25, -0.2) is 0 Å². The summed E-state index contributed by atoms with van der Waals surface area (Å²) in [5, 5.41) is 0. The van der Waals surface area contributed by atoms with Gasteiger partial charge in [0.05, 0.1) is 0 Å². The van der Waals surface area contributed by atoms with E-state index in [-0.39, 0.29) is 23.5 Å². The van der Waals surface area contributed by atoms with Crippen molar-refractivity contribution in [2.45, 2.75) is 0 Å². The van der Waals surface area contributed by atoms with Crippen molar-refractivity contribution in [1.29, 1.82) is 0 Å². The number of hydrogen-bond acceptors (Lipinski definition) is 4. The summed E-state index contributed by atoms with van der Waals surface area (Å²) in [5.41, 5.74) is -0.0833. The normalized spacial score (nSPS) is 9.18. The third-order valence-corrected chi connectivity index (χ3v) is 3.67. The molecule has 0 aliphatic carbocycles. The largest absolute Gasteiger partial charge is 0.268 e. The maximum Gasteiger partial charge on any atom is 0.261 e. The van der Waals surface area contributed by atoms with Crippen LogP contribution in [0.1, 0.15) is 0 Å². The zero-order valence-electron chi connectivity index (χ0n) is 8.85. The number of hydrogen-bond donors (Lipinski definition) is 0. The molecule has 0 unspecified atom stereocenters. The van der Waals surface area contributed by atoms with Crippen molar-refractivity contribution in [3.8, 4) is 0 Å². The maximum atomic E-state index is 10.5. The lowest BCUT2D eigenvalue weighted by atomic mass is 10.7. The van der Waals surface area contributed by atoms with E-state index in [1.54, 1.807) is 14.1 Å².